The van der Waals surface area contributed by atoms with E-state index in [1.807, 2.05) is 18.2 Å². The molecule has 3 aromatic rings. The number of carbonyl (C=O) groups is 2. The van der Waals surface area contributed by atoms with E-state index >= 15 is 0 Å². The number of methoxy groups -OCH3 is 2. The van der Waals surface area contributed by atoms with Crippen molar-refractivity contribution < 1.29 is 28.9 Å². The first-order valence-corrected chi connectivity index (χ1v) is 9.62. The fraction of sp³-hybridized carbons (Fsp3) is 0.125. The van der Waals surface area contributed by atoms with Crippen LogP contribution < -0.4 is 19.5 Å². The summed E-state index contributed by atoms with van der Waals surface area (Å²) >= 11 is 0. The molecule has 0 aliphatic heterocycles. The standard InChI is InChI=1S/C24H22N2O6/c1-30-20-12-10-16(22(23(20)31-2)32-15-17-7-5-6-14-25-17)11-13-21(27)26-19-9-4-3-8-18(19)24(28)29/h3-14H,15H2,1-2H3,(H,26,27)(H,28,29)/b13-11+. The highest BCUT2D eigenvalue weighted by atomic mass is 16.5. The summed E-state index contributed by atoms with van der Waals surface area (Å²) in [5, 5.41) is 11.8. The number of carboxylic acids is 1. The highest BCUT2D eigenvalue weighted by Gasteiger charge is 2.16. The molecule has 0 fully saturated rings. The number of para-hydroxylation sites is 1. The number of ether oxygens (including phenoxy) is 3. The number of nitrogens with zero attached hydrogens (tertiary/aromatic N) is 1. The number of hydrogen-bond acceptors (Lipinski definition) is 6. The summed E-state index contributed by atoms with van der Waals surface area (Å²) in [6, 6.07) is 15.1. The molecule has 0 radical (unpaired) electrons. The number of carboxylic acid groups (broad SMARTS) is 1. The Morgan fingerprint density at radius 2 is 1.78 bits per heavy atom. The van der Waals surface area contributed by atoms with E-state index in [9.17, 15) is 14.7 Å². The monoisotopic (exact) mass is 434 g/mol. The second-order valence-electron chi connectivity index (χ2n) is 6.50. The smallest absolute Gasteiger partial charge is 0.337 e. The molecule has 0 bridgehead atoms. The van der Waals surface area contributed by atoms with Crippen LogP contribution >= 0.6 is 0 Å². The largest absolute Gasteiger partial charge is 0.493 e. The Morgan fingerprint density at radius 3 is 2.47 bits per heavy atom. The molecule has 8 heteroatoms. The van der Waals surface area contributed by atoms with Gasteiger partial charge in [-0.05, 0) is 42.5 Å². The second-order valence-corrected chi connectivity index (χ2v) is 6.50. The third kappa shape index (κ3) is 5.42. The first-order chi connectivity index (χ1) is 15.5. The SMILES string of the molecule is COc1ccc(/C=C/C(=O)Nc2ccccc2C(=O)O)c(OCc2ccccn2)c1OC. The van der Waals surface area contributed by atoms with E-state index in [2.05, 4.69) is 10.3 Å². The average molecular weight is 434 g/mol. The second kappa shape index (κ2) is 10.6. The van der Waals surface area contributed by atoms with E-state index in [-0.39, 0.29) is 17.9 Å². The third-order valence-corrected chi connectivity index (χ3v) is 4.45. The van der Waals surface area contributed by atoms with Gasteiger partial charge in [-0.2, -0.15) is 0 Å². The lowest BCUT2D eigenvalue weighted by Crippen LogP contribution is -2.11. The van der Waals surface area contributed by atoms with Crippen molar-refractivity contribution >= 4 is 23.6 Å². The van der Waals surface area contributed by atoms with Crippen molar-refractivity contribution in [1.29, 1.82) is 0 Å². The number of carbonyl (C=O) groups excluding carboxylic acids is 1. The van der Waals surface area contributed by atoms with Crippen LogP contribution in [-0.2, 0) is 11.4 Å². The summed E-state index contributed by atoms with van der Waals surface area (Å²) in [4.78, 5) is 28.0. The molecule has 2 N–H and O–H groups in total. The van der Waals surface area contributed by atoms with Crippen molar-refractivity contribution in [2.75, 3.05) is 19.5 Å². The zero-order valence-corrected chi connectivity index (χ0v) is 17.6. The van der Waals surface area contributed by atoms with Crippen LogP contribution in [0.25, 0.3) is 6.08 Å². The van der Waals surface area contributed by atoms with Crippen LogP contribution in [0, 0.1) is 0 Å². The predicted octanol–water partition coefficient (Wildman–Crippen LogP) is 4.03. The molecule has 32 heavy (non-hydrogen) atoms. The van der Waals surface area contributed by atoms with E-state index in [1.165, 1.54) is 32.4 Å². The highest BCUT2D eigenvalue weighted by Crippen LogP contribution is 2.41. The molecule has 3 rings (SSSR count). The van der Waals surface area contributed by atoms with Gasteiger partial charge in [0.25, 0.3) is 0 Å². The highest BCUT2D eigenvalue weighted by molar-refractivity contribution is 6.06. The number of aromatic nitrogens is 1. The summed E-state index contributed by atoms with van der Waals surface area (Å²) < 4.78 is 16.8. The molecule has 0 aliphatic rings. The Morgan fingerprint density at radius 1 is 1.00 bits per heavy atom. The van der Waals surface area contributed by atoms with E-state index in [1.54, 1.807) is 36.5 Å². The molecule has 0 saturated heterocycles. The van der Waals surface area contributed by atoms with Gasteiger partial charge in [0.1, 0.15) is 6.61 Å². The van der Waals surface area contributed by atoms with Crippen LogP contribution in [-0.4, -0.2) is 36.2 Å². The molecule has 1 amide bonds. The van der Waals surface area contributed by atoms with Gasteiger partial charge in [-0.3, -0.25) is 9.78 Å². The van der Waals surface area contributed by atoms with Crippen molar-refractivity contribution in [3.05, 3.63) is 83.7 Å². The van der Waals surface area contributed by atoms with Gasteiger partial charge >= 0.3 is 5.97 Å². The zero-order valence-electron chi connectivity index (χ0n) is 17.6. The van der Waals surface area contributed by atoms with Gasteiger partial charge in [0.05, 0.1) is 31.2 Å². The summed E-state index contributed by atoms with van der Waals surface area (Å²) in [5.74, 6) is -0.394. The predicted molar refractivity (Wildman–Crippen MR) is 119 cm³/mol. The molecule has 0 aliphatic carbocycles. The summed E-state index contributed by atoms with van der Waals surface area (Å²) in [6.45, 7) is 0.184. The first-order valence-electron chi connectivity index (χ1n) is 9.62. The molecule has 8 nitrogen and oxygen atoms in total. The normalized spacial score (nSPS) is 10.6. The Bertz CT molecular complexity index is 1130. The average Bonchev–Trinajstić information content (AvgIpc) is 2.81. The van der Waals surface area contributed by atoms with E-state index in [0.717, 1.165) is 5.69 Å². The number of aromatic carboxylic acids is 1. The minimum Gasteiger partial charge on any atom is -0.493 e. The lowest BCUT2D eigenvalue weighted by atomic mass is 10.1. The number of anilines is 1. The van der Waals surface area contributed by atoms with Crippen LogP contribution in [0.5, 0.6) is 17.2 Å². The number of pyridine rings is 1. The first kappa shape index (κ1) is 22.4. The van der Waals surface area contributed by atoms with E-state index in [4.69, 9.17) is 14.2 Å². The quantitative estimate of drug-likeness (QED) is 0.490. The minimum atomic E-state index is -1.13. The Balaban J connectivity index is 1.85. The summed E-state index contributed by atoms with van der Waals surface area (Å²) in [6.07, 6.45) is 4.50. The Hall–Kier alpha value is -4.33. The molecule has 164 valence electrons. The van der Waals surface area contributed by atoms with Gasteiger partial charge < -0.3 is 24.6 Å². The molecule has 2 aromatic carbocycles. The van der Waals surface area contributed by atoms with Gasteiger partial charge in [0.15, 0.2) is 11.5 Å². The van der Waals surface area contributed by atoms with Crippen molar-refractivity contribution in [1.82, 2.24) is 4.98 Å². The van der Waals surface area contributed by atoms with Crippen molar-refractivity contribution in [2.45, 2.75) is 6.61 Å². The van der Waals surface area contributed by atoms with Crippen LogP contribution in [0.15, 0.2) is 66.9 Å². The van der Waals surface area contributed by atoms with Gasteiger partial charge in [0.2, 0.25) is 11.7 Å². The van der Waals surface area contributed by atoms with Crippen LogP contribution in [0.3, 0.4) is 0 Å². The molecule has 0 unspecified atom stereocenters. The summed E-state index contributed by atoms with van der Waals surface area (Å²) in [7, 11) is 3.01. The number of nitrogens with one attached hydrogen (secondary N) is 1. The number of amides is 1. The van der Waals surface area contributed by atoms with E-state index < -0.39 is 11.9 Å². The fourth-order valence-electron chi connectivity index (χ4n) is 2.94. The molecule has 0 saturated carbocycles. The minimum absolute atomic E-state index is 0.000231. The zero-order chi connectivity index (χ0) is 22.9. The third-order valence-electron chi connectivity index (χ3n) is 4.45. The molecule has 1 heterocycles. The number of rotatable bonds is 9. The molecular formula is C24H22N2O6. The fourth-order valence-corrected chi connectivity index (χ4v) is 2.94. The molecule has 0 atom stereocenters. The topological polar surface area (TPSA) is 107 Å². The summed E-state index contributed by atoms with van der Waals surface area (Å²) in [5.41, 5.74) is 1.49. The van der Waals surface area contributed by atoms with Crippen molar-refractivity contribution in [3.63, 3.8) is 0 Å². The van der Waals surface area contributed by atoms with Crippen LogP contribution in [0.1, 0.15) is 21.6 Å². The van der Waals surface area contributed by atoms with Crippen molar-refractivity contribution in [2.24, 2.45) is 0 Å². The van der Waals surface area contributed by atoms with Gasteiger partial charge in [0, 0.05) is 17.8 Å². The Labute approximate surface area is 185 Å². The Kier molecular flexibility index (Phi) is 7.42. The molecular weight excluding hydrogens is 412 g/mol. The van der Waals surface area contributed by atoms with Crippen molar-refractivity contribution in [3.8, 4) is 17.2 Å². The molecule has 0 spiro atoms. The lowest BCUT2D eigenvalue weighted by Gasteiger charge is -2.16. The maximum atomic E-state index is 12.4. The van der Waals surface area contributed by atoms with E-state index in [0.29, 0.717) is 22.8 Å². The number of benzene rings is 2. The van der Waals surface area contributed by atoms with Gasteiger partial charge in [-0.25, -0.2) is 4.79 Å². The van der Waals surface area contributed by atoms with Gasteiger partial charge in [-0.1, -0.05) is 18.2 Å². The maximum Gasteiger partial charge on any atom is 0.337 e. The van der Waals surface area contributed by atoms with Gasteiger partial charge in [-0.15, -0.1) is 0 Å². The number of hydrogen-bond donors (Lipinski definition) is 2. The lowest BCUT2D eigenvalue weighted by molar-refractivity contribution is -0.111. The van der Waals surface area contributed by atoms with Crippen LogP contribution in [0.2, 0.25) is 0 Å². The maximum absolute atomic E-state index is 12.4. The van der Waals surface area contributed by atoms with Crippen LogP contribution in [0.4, 0.5) is 5.69 Å². The molecule has 1 aromatic heterocycles.